The average molecular weight is 280 g/mol. The lowest BCUT2D eigenvalue weighted by Gasteiger charge is -2.10. The molecule has 5 heteroatoms. The van der Waals surface area contributed by atoms with Crippen LogP contribution in [0.2, 0.25) is 0 Å². The predicted octanol–water partition coefficient (Wildman–Crippen LogP) is 2.58. The first kappa shape index (κ1) is 13.2. The number of nitrogens with two attached hydrogens (primary N) is 1. The minimum absolute atomic E-state index is 0.418. The summed E-state index contributed by atoms with van der Waals surface area (Å²) in [6.07, 6.45) is 3.65. The van der Waals surface area contributed by atoms with E-state index in [9.17, 15) is 4.79 Å². The van der Waals surface area contributed by atoms with E-state index in [1.807, 2.05) is 31.3 Å². The Morgan fingerprint density at radius 1 is 1.33 bits per heavy atom. The van der Waals surface area contributed by atoms with Crippen LogP contribution in [-0.4, -0.2) is 15.9 Å². The monoisotopic (exact) mass is 280 g/mol. The van der Waals surface area contributed by atoms with E-state index in [1.54, 1.807) is 18.3 Å². The molecule has 0 unspecified atom stereocenters. The highest BCUT2D eigenvalue weighted by molar-refractivity contribution is 5.94. The maximum absolute atomic E-state index is 11.3. The number of aromatic amines is 1. The molecule has 3 aromatic rings. The molecule has 0 radical (unpaired) electrons. The molecule has 0 aliphatic heterocycles. The molecule has 5 nitrogen and oxygen atoms in total. The van der Waals surface area contributed by atoms with Crippen molar-refractivity contribution in [1.29, 1.82) is 0 Å². The number of hydrogen-bond acceptors (Lipinski definition) is 3. The van der Waals surface area contributed by atoms with Crippen molar-refractivity contribution in [2.75, 3.05) is 5.32 Å². The summed E-state index contributed by atoms with van der Waals surface area (Å²) in [4.78, 5) is 18.7. The van der Waals surface area contributed by atoms with Crippen molar-refractivity contribution in [2.24, 2.45) is 5.73 Å². The van der Waals surface area contributed by atoms with Crippen molar-refractivity contribution in [1.82, 2.24) is 9.97 Å². The van der Waals surface area contributed by atoms with Crippen LogP contribution in [0, 0.1) is 6.92 Å². The molecule has 2 heterocycles. The molecule has 0 saturated heterocycles. The van der Waals surface area contributed by atoms with Crippen LogP contribution in [0.5, 0.6) is 0 Å². The SMILES string of the molecule is Cc1cc(NCc2ccnc3[nH]ccc23)cc(C(N)=O)c1. The zero-order valence-electron chi connectivity index (χ0n) is 11.7. The van der Waals surface area contributed by atoms with Crippen molar-refractivity contribution in [3.63, 3.8) is 0 Å². The predicted molar refractivity (Wildman–Crippen MR) is 83.1 cm³/mol. The Kier molecular flexibility index (Phi) is 3.31. The number of aromatic nitrogens is 2. The molecular weight excluding hydrogens is 264 g/mol. The van der Waals surface area contributed by atoms with E-state index in [0.29, 0.717) is 12.1 Å². The normalized spacial score (nSPS) is 10.7. The third-order valence-electron chi connectivity index (χ3n) is 3.40. The van der Waals surface area contributed by atoms with E-state index >= 15 is 0 Å². The van der Waals surface area contributed by atoms with Gasteiger partial charge >= 0.3 is 0 Å². The number of carbonyl (C=O) groups excluding carboxylic acids is 1. The van der Waals surface area contributed by atoms with Crippen molar-refractivity contribution in [3.8, 4) is 0 Å². The van der Waals surface area contributed by atoms with E-state index in [2.05, 4.69) is 15.3 Å². The Morgan fingerprint density at radius 2 is 2.19 bits per heavy atom. The van der Waals surface area contributed by atoms with Crippen molar-refractivity contribution >= 4 is 22.6 Å². The van der Waals surface area contributed by atoms with Crippen LogP contribution in [0.3, 0.4) is 0 Å². The van der Waals surface area contributed by atoms with E-state index in [-0.39, 0.29) is 0 Å². The number of primary amides is 1. The summed E-state index contributed by atoms with van der Waals surface area (Å²) < 4.78 is 0. The van der Waals surface area contributed by atoms with Crippen molar-refractivity contribution in [3.05, 3.63) is 59.4 Å². The number of amides is 1. The molecule has 0 bridgehead atoms. The van der Waals surface area contributed by atoms with Crippen LogP contribution in [-0.2, 0) is 6.54 Å². The molecular formula is C16H16N4O. The maximum atomic E-state index is 11.3. The van der Waals surface area contributed by atoms with E-state index in [1.165, 1.54) is 0 Å². The Morgan fingerprint density at radius 3 is 3.00 bits per heavy atom. The Hall–Kier alpha value is -2.82. The fourth-order valence-corrected chi connectivity index (χ4v) is 2.40. The highest BCUT2D eigenvalue weighted by Crippen LogP contribution is 2.19. The zero-order chi connectivity index (χ0) is 14.8. The number of benzene rings is 1. The highest BCUT2D eigenvalue weighted by atomic mass is 16.1. The van der Waals surface area contributed by atoms with Gasteiger partial charge in [0.15, 0.2) is 0 Å². The lowest BCUT2D eigenvalue weighted by molar-refractivity contribution is 0.1000. The number of H-pyrrole nitrogens is 1. The first-order valence-corrected chi connectivity index (χ1v) is 6.70. The molecule has 0 saturated carbocycles. The number of nitrogens with one attached hydrogen (secondary N) is 2. The van der Waals surface area contributed by atoms with Crippen LogP contribution in [0.25, 0.3) is 11.0 Å². The number of fused-ring (bicyclic) bond motifs is 1. The average Bonchev–Trinajstić information content (AvgIpc) is 2.93. The first-order valence-electron chi connectivity index (χ1n) is 6.70. The Labute approximate surface area is 122 Å². The van der Waals surface area contributed by atoms with Gasteiger partial charge < -0.3 is 16.0 Å². The van der Waals surface area contributed by atoms with Crippen molar-refractivity contribution < 1.29 is 4.79 Å². The van der Waals surface area contributed by atoms with Gasteiger partial charge in [0.2, 0.25) is 5.91 Å². The van der Waals surface area contributed by atoms with E-state index < -0.39 is 5.91 Å². The zero-order valence-corrected chi connectivity index (χ0v) is 11.7. The molecule has 0 spiro atoms. The molecule has 2 aromatic heterocycles. The van der Waals surface area contributed by atoms with Gasteiger partial charge in [-0.25, -0.2) is 4.98 Å². The number of carbonyl (C=O) groups is 1. The standard InChI is InChI=1S/C16H16N4O/c1-10-6-12(15(17)21)8-13(7-10)20-9-11-2-4-18-16-14(11)3-5-19-16/h2-8,20H,9H2,1H3,(H2,17,21)(H,18,19). The minimum Gasteiger partial charge on any atom is -0.381 e. The summed E-state index contributed by atoms with van der Waals surface area (Å²) in [5.41, 5.74) is 9.74. The number of anilines is 1. The molecule has 4 N–H and O–H groups in total. The summed E-state index contributed by atoms with van der Waals surface area (Å²) in [5.74, 6) is -0.418. The largest absolute Gasteiger partial charge is 0.381 e. The lowest BCUT2D eigenvalue weighted by atomic mass is 10.1. The van der Waals surface area contributed by atoms with E-state index in [4.69, 9.17) is 5.73 Å². The molecule has 0 atom stereocenters. The number of aryl methyl sites for hydroxylation is 1. The van der Waals surface area contributed by atoms with Crippen LogP contribution in [0.1, 0.15) is 21.5 Å². The van der Waals surface area contributed by atoms with Gasteiger partial charge in [-0.1, -0.05) is 0 Å². The molecule has 3 rings (SSSR count). The number of nitrogens with zero attached hydrogens (tertiary/aromatic N) is 1. The lowest BCUT2D eigenvalue weighted by Crippen LogP contribution is -2.12. The molecule has 21 heavy (non-hydrogen) atoms. The highest BCUT2D eigenvalue weighted by Gasteiger charge is 2.05. The molecule has 0 aliphatic rings. The third kappa shape index (κ3) is 2.72. The summed E-state index contributed by atoms with van der Waals surface area (Å²) in [5, 5.41) is 4.42. The quantitative estimate of drug-likeness (QED) is 0.686. The fourth-order valence-electron chi connectivity index (χ4n) is 2.40. The van der Waals surface area contributed by atoms with Gasteiger partial charge in [-0.05, 0) is 48.4 Å². The fraction of sp³-hybridized carbons (Fsp3) is 0.125. The minimum atomic E-state index is -0.418. The summed E-state index contributed by atoms with van der Waals surface area (Å²) >= 11 is 0. The third-order valence-corrected chi connectivity index (χ3v) is 3.40. The van der Waals surface area contributed by atoms with Crippen LogP contribution in [0.15, 0.2) is 42.7 Å². The number of rotatable bonds is 4. The van der Waals surface area contributed by atoms with Crippen molar-refractivity contribution in [2.45, 2.75) is 13.5 Å². The van der Waals surface area contributed by atoms with Gasteiger partial charge in [-0.2, -0.15) is 0 Å². The second-order valence-electron chi connectivity index (χ2n) is 5.02. The summed E-state index contributed by atoms with van der Waals surface area (Å²) in [6, 6.07) is 9.52. The molecule has 1 aromatic carbocycles. The number of hydrogen-bond donors (Lipinski definition) is 3. The van der Waals surface area contributed by atoms with E-state index in [0.717, 1.165) is 27.8 Å². The van der Waals surface area contributed by atoms with Crippen LogP contribution >= 0.6 is 0 Å². The van der Waals surface area contributed by atoms with Gasteiger partial charge in [0.05, 0.1) is 0 Å². The Balaban J connectivity index is 1.85. The van der Waals surface area contributed by atoms with Crippen LogP contribution in [0.4, 0.5) is 5.69 Å². The van der Waals surface area contributed by atoms with Gasteiger partial charge in [-0.3, -0.25) is 4.79 Å². The van der Waals surface area contributed by atoms with Gasteiger partial charge in [0.25, 0.3) is 0 Å². The molecule has 0 fully saturated rings. The van der Waals surface area contributed by atoms with Gasteiger partial charge in [-0.15, -0.1) is 0 Å². The van der Waals surface area contributed by atoms with Gasteiger partial charge in [0, 0.05) is 35.6 Å². The first-order chi connectivity index (χ1) is 10.1. The maximum Gasteiger partial charge on any atom is 0.248 e. The second-order valence-corrected chi connectivity index (χ2v) is 5.02. The molecule has 0 aliphatic carbocycles. The molecule has 106 valence electrons. The smallest absolute Gasteiger partial charge is 0.248 e. The summed E-state index contributed by atoms with van der Waals surface area (Å²) in [7, 11) is 0. The van der Waals surface area contributed by atoms with Gasteiger partial charge in [0.1, 0.15) is 5.65 Å². The molecule has 1 amide bonds. The summed E-state index contributed by atoms with van der Waals surface area (Å²) in [6.45, 7) is 2.59. The van der Waals surface area contributed by atoms with Crippen LogP contribution < -0.4 is 11.1 Å². The number of pyridine rings is 1. The Bertz CT molecular complexity index is 807. The second kappa shape index (κ2) is 5.28. The topological polar surface area (TPSA) is 83.8 Å².